The summed E-state index contributed by atoms with van der Waals surface area (Å²) in [5.74, 6) is -0.349. The number of esters is 1. The van der Waals surface area contributed by atoms with Crippen molar-refractivity contribution in [2.75, 3.05) is 26.4 Å². The first-order chi connectivity index (χ1) is 29.4. The van der Waals surface area contributed by atoms with Gasteiger partial charge in [0, 0.05) is 13.0 Å². The van der Waals surface area contributed by atoms with E-state index in [2.05, 4.69) is 123 Å². The predicted octanol–water partition coefficient (Wildman–Crippen LogP) is 10.6. The fourth-order valence-corrected chi connectivity index (χ4v) is 6.17. The Bertz CT molecular complexity index is 1270. The molecule has 0 saturated carbocycles. The summed E-state index contributed by atoms with van der Waals surface area (Å²) in [6.07, 6.45) is 51.2. The van der Waals surface area contributed by atoms with E-state index in [0.29, 0.717) is 6.61 Å². The van der Waals surface area contributed by atoms with Crippen LogP contribution < -0.4 is 0 Å². The first-order valence-electron chi connectivity index (χ1n) is 23.0. The van der Waals surface area contributed by atoms with Crippen LogP contribution in [0.5, 0.6) is 0 Å². The van der Waals surface area contributed by atoms with E-state index in [-0.39, 0.29) is 25.6 Å². The molecule has 0 radical (unpaired) electrons. The zero-order valence-electron chi connectivity index (χ0n) is 37.2. The van der Waals surface area contributed by atoms with Crippen molar-refractivity contribution in [1.29, 1.82) is 0 Å². The Labute approximate surface area is 364 Å². The average molecular weight is 839 g/mol. The first-order valence-corrected chi connectivity index (χ1v) is 23.0. The Hall–Kier alpha value is -3.15. The molecular formula is C51H82O9. The number of rotatable bonds is 37. The van der Waals surface area contributed by atoms with Gasteiger partial charge in [-0.25, -0.2) is 0 Å². The van der Waals surface area contributed by atoms with Crippen LogP contribution in [-0.2, 0) is 23.7 Å². The third-order valence-electron chi connectivity index (χ3n) is 9.68. The van der Waals surface area contributed by atoms with Gasteiger partial charge in [0.2, 0.25) is 0 Å². The van der Waals surface area contributed by atoms with Gasteiger partial charge in [-0.05, 0) is 89.9 Å². The Kier molecular flexibility index (Phi) is 37.7. The summed E-state index contributed by atoms with van der Waals surface area (Å²) in [6, 6.07) is 0. The van der Waals surface area contributed by atoms with E-state index < -0.39 is 43.4 Å². The van der Waals surface area contributed by atoms with Crippen LogP contribution in [0.4, 0.5) is 0 Å². The van der Waals surface area contributed by atoms with Gasteiger partial charge in [-0.15, -0.1) is 0 Å². The number of hydrogen-bond acceptors (Lipinski definition) is 9. The number of aliphatic hydroxyl groups is 4. The molecular weight excluding hydrogens is 757 g/mol. The van der Waals surface area contributed by atoms with Gasteiger partial charge < -0.3 is 39.4 Å². The fourth-order valence-electron chi connectivity index (χ4n) is 6.17. The molecule has 9 nitrogen and oxygen atoms in total. The van der Waals surface area contributed by atoms with Crippen LogP contribution in [0.25, 0.3) is 0 Å². The summed E-state index contributed by atoms with van der Waals surface area (Å²) in [7, 11) is 0. The highest BCUT2D eigenvalue weighted by molar-refractivity contribution is 5.69. The van der Waals surface area contributed by atoms with E-state index in [0.717, 1.165) is 103 Å². The van der Waals surface area contributed by atoms with E-state index in [1.165, 1.54) is 19.3 Å². The van der Waals surface area contributed by atoms with Crippen LogP contribution in [-0.4, -0.2) is 89.6 Å². The molecule has 0 aromatic heterocycles. The van der Waals surface area contributed by atoms with Gasteiger partial charge in [0.25, 0.3) is 0 Å². The summed E-state index contributed by atoms with van der Waals surface area (Å²) >= 11 is 0. The van der Waals surface area contributed by atoms with E-state index in [4.69, 9.17) is 18.9 Å². The second kappa shape index (κ2) is 41.2. The van der Waals surface area contributed by atoms with Crippen molar-refractivity contribution < 1.29 is 44.2 Å². The Balaban J connectivity index is 2.33. The van der Waals surface area contributed by atoms with Crippen LogP contribution in [0.3, 0.4) is 0 Å². The van der Waals surface area contributed by atoms with Crippen LogP contribution in [0, 0.1) is 0 Å². The maximum atomic E-state index is 12.8. The van der Waals surface area contributed by atoms with Crippen molar-refractivity contribution in [3.8, 4) is 0 Å². The summed E-state index contributed by atoms with van der Waals surface area (Å²) in [6.45, 7) is 4.14. The van der Waals surface area contributed by atoms with Crippen molar-refractivity contribution in [2.24, 2.45) is 0 Å². The first kappa shape index (κ1) is 54.9. The zero-order chi connectivity index (χ0) is 43.6. The molecule has 0 aliphatic carbocycles. The van der Waals surface area contributed by atoms with Crippen molar-refractivity contribution in [3.05, 3.63) is 109 Å². The third kappa shape index (κ3) is 31.7. The van der Waals surface area contributed by atoms with Gasteiger partial charge >= 0.3 is 5.97 Å². The highest BCUT2D eigenvalue weighted by Crippen LogP contribution is 2.22. The van der Waals surface area contributed by atoms with Gasteiger partial charge in [0.1, 0.15) is 30.5 Å². The van der Waals surface area contributed by atoms with Gasteiger partial charge in [-0.1, -0.05) is 155 Å². The molecule has 6 atom stereocenters. The number of ether oxygens (including phenoxy) is 4. The van der Waals surface area contributed by atoms with E-state index in [9.17, 15) is 25.2 Å². The van der Waals surface area contributed by atoms with Crippen molar-refractivity contribution in [1.82, 2.24) is 0 Å². The monoisotopic (exact) mass is 839 g/mol. The number of unbranched alkanes of at least 4 members (excludes halogenated alkanes) is 8. The molecule has 1 rings (SSSR count). The van der Waals surface area contributed by atoms with Crippen LogP contribution >= 0.6 is 0 Å². The van der Waals surface area contributed by atoms with Crippen molar-refractivity contribution in [3.63, 3.8) is 0 Å². The highest BCUT2D eigenvalue weighted by atomic mass is 16.7. The molecule has 0 bridgehead atoms. The minimum Gasteiger partial charge on any atom is -0.457 e. The van der Waals surface area contributed by atoms with E-state index in [1.54, 1.807) is 0 Å². The number of carbonyl (C=O) groups is 1. The molecule has 0 spiro atoms. The van der Waals surface area contributed by atoms with Crippen molar-refractivity contribution in [2.45, 2.75) is 179 Å². The molecule has 0 amide bonds. The number of aliphatic hydroxyl groups excluding tert-OH is 4. The lowest BCUT2D eigenvalue weighted by molar-refractivity contribution is -0.305. The molecule has 60 heavy (non-hydrogen) atoms. The Morgan fingerprint density at radius 2 is 0.967 bits per heavy atom. The molecule has 6 unspecified atom stereocenters. The summed E-state index contributed by atoms with van der Waals surface area (Å²) in [5.41, 5.74) is 0. The van der Waals surface area contributed by atoms with Gasteiger partial charge in [0.05, 0.1) is 19.8 Å². The average Bonchev–Trinajstić information content (AvgIpc) is 3.25. The number of hydrogen-bond donors (Lipinski definition) is 4. The van der Waals surface area contributed by atoms with E-state index in [1.807, 2.05) is 0 Å². The number of allylic oxidation sites excluding steroid dienone is 18. The third-order valence-corrected chi connectivity index (χ3v) is 9.68. The molecule has 340 valence electrons. The molecule has 1 aliphatic rings. The smallest absolute Gasteiger partial charge is 0.306 e. The second-order valence-electron chi connectivity index (χ2n) is 15.1. The molecule has 1 fully saturated rings. The SMILES string of the molecule is CC/C=C\C/C=C\C/C=C\C/C=C\C/C=C\C/C=C\CCCOCC(COC1OC(CO)C(O)C(O)C1O)OC(=O)CCCCCCCCC/C=C\C/C=C\C/C=C\CC. The van der Waals surface area contributed by atoms with E-state index >= 15 is 0 Å². The lowest BCUT2D eigenvalue weighted by atomic mass is 9.99. The molecule has 0 aromatic carbocycles. The fraction of sp³-hybridized carbons (Fsp3) is 0.627. The Morgan fingerprint density at radius 1 is 0.533 bits per heavy atom. The lowest BCUT2D eigenvalue weighted by Gasteiger charge is -2.39. The maximum absolute atomic E-state index is 12.8. The molecule has 4 N–H and O–H groups in total. The quantitative estimate of drug-likeness (QED) is 0.0274. The molecule has 1 aliphatic heterocycles. The summed E-state index contributed by atoms with van der Waals surface area (Å²) in [5, 5.41) is 40.1. The predicted molar refractivity (Wildman–Crippen MR) is 246 cm³/mol. The molecule has 0 aromatic rings. The van der Waals surface area contributed by atoms with Crippen LogP contribution in [0.15, 0.2) is 109 Å². The van der Waals surface area contributed by atoms with Crippen LogP contribution in [0.2, 0.25) is 0 Å². The molecule has 9 heteroatoms. The second-order valence-corrected chi connectivity index (χ2v) is 15.1. The normalized spacial score (nSPS) is 21.1. The minimum atomic E-state index is -1.56. The lowest BCUT2D eigenvalue weighted by Crippen LogP contribution is -2.59. The number of carbonyl (C=O) groups excluding carboxylic acids is 1. The van der Waals surface area contributed by atoms with Gasteiger partial charge in [-0.2, -0.15) is 0 Å². The van der Waals surface area contributed by atoms with Gasteiger partial charge in [0.15, 0.2) is 6.29 Å². The molecule has 1 heterocycles. The van der Waals surface area contributed by atoms with Gasteiger partial charge in [-0.3, -0.25) is 4.79 Å². The molecule has 1 saturated heterocycles. The maximum Gasteiger partial charge on any atom is 0.306 e. The summed E-state index contributed by atoms with van der Waals surface area (Å²) < 4.78 is 22.7. The largest absolute Gasteiger partial charge is 0.457 e. The summed E-state index contributed by atoms with van der Waals surface area (Å²) in [4.78, 5) is 12.8. The van der Waals surface area contributed by atoms with Crippen LogP contribution in [0.1, 0.15) is 142 Å². The minimum absolute atomic E-state index is 0.0927. The zero-order valence-corrected chi connectivity index (χ0v) is 37.2. The topological polar surface area (TPSA) is 135 Å². The highest BCUT2D eigenvalue weighted by Gasteiger charge is 2.44. The Morgan fingerprint density at radius 3 is 1.45 bits per heavy atom. The standard InChI is InChI=1S/C51H82O9/c1-3-5-7-9-11-13-15-17-19-21-22-23-25-27-29-31-33-35-37-39-41-57-43-45(44-58-51-50(56)49(55)48(54)46(42-52)60-51)59-47(53)40-38-36-34-32-30-28-26-24-20-18-16-14-12-10-8-6-4-2/h5-8,11-14,17-20,22-23,27,29,33,35,45-46,48-52,54-56H,3-4,9-10,15-16,21,24-26,28,30-32,34,36-44H2,1-2H3/b7-5-,8-6-,13-11-,14-12-,19-17-,20-18-,23-22-,29-27-,35-33-. The van der Waals surface area contributed by atoms with Crippen molar-refractivity contribution >= 4 is 5.97 Å².